The van der Waals surface area contributed by atoms with Crippen molar-refractivity contribution < 1.29 is 0 Å². The van der Waals surface area contributed by atoms with Crippen molar-refractivity contribution in [1.29, 1.82) is 0 Å². The molecule has 0 aliphatic carbocycles. The second-order valence-electron chi connectivity index (χ2n) is 5.94. The average Bonchev–Trinajstić information content (AvgIpc) is 2.23. The van der Waals surface area contributed by atoms with Crippen LogP contribution in [0, 0.1) is 0 Å². The molecule has 0 fully saturated rings. The molecule has 0 aromatic heterocycles. The Hall–Kier alpha value is 0.0569. The van der Waals surface area contributed by atoms with Crippen LogP contribution in [0.25, 0.3) is 0 Å². The molecule has 18 heavy (non-hydrogen) atoms. The predicted molar refractivity (Wildman–Crippen MR) is 84.7 cm³/mol. The Labute approximate surface area is 117 Å². The first-order chi connectivity index (χ1) is 8.27. The summed E-state index contributed by atoms with van der Waals surface area (Å²) in [6.07, 6.45) is 1.08. The zero-order valence-electron chi connectivity index (χ0n) is 13.5. The largest absolute Gasteiger partial charge is 0.315 e. The van der Waals surface area contributed by atoms with Crippen LogP contribution in [0.15, 0.2) is 0 Å². The third kappa shape index (κ3) is 5.80. The minimum Gasteiger partial charge on any atom is -0.315 e. The Morgan fingerprint density at radius 2 is 1.33 bits per heavy atom. The Kier molecular flexibility index (Phi) is 8.30. The highest BCUT2D eigenvalue weighted by molar-refractivity contribution is 6.04. The van der Waals surface area contributed by atoms with E-state index < -0.39 is 0 Å². The van der Waals surface area contributed by atoms with Crippen molar-refractivity contribution in [3.05, 3.63) is 0 Å². The van der Waals surface area contributed by atoms with Gasteiger partial charge in [0.1, 0.15) is 5.79 Å². The molecule has 4 N–H and O–H groups in total. The second-order valence-corrected chi connectivity index (χ2v) is 6.44. The van der Waals surface area contributed by atoms with E-state index in [9.17, 15) is 0 Å². The summed E-state index contributed by atoms with van der Waals surface area (Å²) in [4.78, 5) is 3.59. The average molecular weight is 275 g/mol. The minimum absolute atomic E-state index is 0.215. The van der Waals surface area contributed by atoms with E-state index in [0.29, 0.717) is 24.2 Å². The van der Waals surface area contributed by atoms with Gasteiger partial charge in [-0.3, -0.25) is 10.6 Å². The highest BCUT2D eigenvalue weighted by atomic mass is 28.2. The molecular weight excluding hydrogens is 240 g/mol. The number of nitrogens with one attached hydrogen (secondary N) is 4. The van der Waals surface area contributed by atoms with Crippen molar-refractivity contribution >= 4 is 10.4 Å². The summed E-state index contributed by atoms with van der Waals surface area (Å²) in [5.74, 6) is -0.215. The summed E-state index contributed by atoms with van der Waals surface area (Å²) in [7, 11) is 0.945. The highest BCUT2D eigenvalue weighted by Crippen LogP contribution is 2.11. The van der Waals surface area contributed by atoms with E-state index in [1.54, 1.807) is 0 Å². The minimum atomic E-state index is -0.215. The normalized spacial score (nSPS) is 15.0. The van der Waals surface area contributed by atoms with Crippen molar-refractivity contribution in [1.82, 2.24) is 20.9 Å². The predicted octanol–water partition coefficient (Wildman–Crippen LogP) is 0.283. The maximum atomic E-state index is 3.68. The molecule has 0 aromatic rings. The van der Waals surface area contributed by atoms with Gasteiger partial charge in [0.2, 0.25) is 0 Å². The zero-order chi connectivity index (χ0) is 14.3. The van der Waals surface area contributed by atoms with Crippen LogP contribution in [0.2, 0.25) is 0 Å². The maximum absolute atomic E-state index is 3.68. The molecule has 1 unspecified atom stereocenters. The van der Waals surface area contributed by atoms with Gasteiger partial charge in [0.25, 0.3) is 0 Å². The van der Waals surface area contributed by atoms with E-state index >= 15 is 0 Å². The third-order valence-corrected chi connectivity index (χ3v) is 3.68. The first-order valence-corrected chi connectivity index (χ1v) is 8.27. The molecule has 4 nitrogen and oxygen atoms in total. The molecule has 110 valence electrons. The highest BCUT2D eigenvalue weighted by Gasteiger charge is 2.37. The molecule has 0 radical (unpaired) electrons. The lowest BCUT2D eigenvalue weighted by atomic mass is 10.0. The van der Waals surface area contributed by atoms with Gasteiger partial charge in [-0.2, -0.15) is 0 Å². The summed E-state index contributed by atoms with van der Waals surface area (Å²) in [6, 6.07) is 1.70. The number of hydrogen-bond acceptors (Lipinski definition) is 4. The fourth-order valence-electron chi connectivity index (χ4n) is 2.42. The van der Waals surface area contributed by atoms with E-state index in [2.05, 4.69) is 69.4 Å². The molecule has 5 heteroatoms. The first kappa shape index (κ1) is 18.1. The van der Waals surface area contributed by atoms with E-state index in [4.69, 9.17) is 0 Å². The molecule has 0 aliphatic rings. The molecule has 0 aliphatic heterocycles. The van der Waals surface area contributed by atoms with Gasteiger partial charge in [0.15, 0.2) is 0 Å². The number of hydrogen-bond donors (Lipinski definition) is 4. The van der Waals surface area contributed by atoms with Crippen molar-refractivity contribution in [2.45, 2.75) is 84.8 Å². The Morgan fingerprint density at radius 1 is 0.889 bits per heavy atom. The molecule has 1 atom stereocenters. The second kappa shape index (κ2) is 8.27. The smallest absolute Gasteiger partial charge is 0.133 e. The zero-order valence-corrected chi connectivity index (χ0v) is 15.5. The van der Waals surface area contributed by atoms with Crippen LogP contribution in [0.3, 0.4) is 0 Å². The first-order valence-electron chi connectivity index (χ1n) is 7.27. The lowest BCUT2D eigenvalue weighted by molar-refractivity contribution is 0.131. The SMILES string of the molecule is CCC(NC(C)C)C(N[SiH3])(NC(C)C)NC(C)C. The number of rotatable bonds is 9. The van der Waals surface area contributed by atoms with Gasteiger partial charge < -0.3 is 10.3 Å². The van der Waals surface area contributed by atoms with Crippen LogP contribution in [0.1, 0.15) is 54.9 Å². The van der Waals surface area contributed by atoms with Crippen molar-refractivity contribution in [3.8, 4) is 0 Å². The molecule has 0 rings (SSSR count). The van der Waals surface area contributed by atoms with Crippen LogP contribution in [0.5, 0.6) is 0 Å². The standard InChI is InChI=1S/C13H34N4Si/c1-8-12(14-9(2)3)13(17-18,15-10(4)5)16-11(6)7/h9-12,14-17H,8H2,1-7,18H3. The van der Waals surface area contributed by atoms with Gasteiger partial charge in [0.05, 0.1) is 16.4 Å². The molecule has 0 saturated heterocycles. The van der Waals surface area contributed by atoms with Gasteiger partial charge in [-0.15, -0.1) is 0 Å². The monoisotopic (exact) mass is 274 g/mol. The summed E-state index contributed by atoms with van der Waals surface area (Å²) in [5.41, 5.74) is 0. The van der Waals surface area contributed by atoms with Crippen LogP contribution >= 0.6 is 0 Å². The quantitative estimate of drug-likeness (QED) is 0.360. The Balaban J connectivity index is 5.09. The van der Waals surface area contributed by atoms with Crippen LogP contribution in [-0.4, -0.2) is 40.4 Å². The lowest BCUT2D eigenvalue weighted by Crippen LogP contribution is -2.77. The topological polar surface area (TPSA) is 48.1 Å². The third-order valence-electron chi connectivity index (χ3n) is 2.89. The maximum Gasteiger partial charge on any atom is 0.133 e. The lowest BCUT2D eigenvalue weighted by Gasteiger charge is -2.46. The molecule has 0 aromatic carbocycles. The van der Waals surface area contributed by atoms with E-state index in [1.165, 1.54) is 0 Å². The molecule has 0 bridgehead atoms. The van der Waals surface area contributed by atoms with Crippen molar-refractivity contribution in [2.75, 3.05) is 0 Å². The van der Waals surface area contributed by atoms with Gasteiger partial charge >= 0.3 is 0 Å². The van der Waals surface area contributed by atoms with E-state index in [0.717, 1.165) is 16.8 Å². The molecule has 0 heterocycles. The molecular formula is C13H34N4Si. The summed E-state index contributed by atoms with van der Waals surface area (Å²) in [5, 5.41) is 11.0. The fraction of sp³-hybridized carbons (Fsp3) is 1.00. The van der Waals surface area contributed by atoms with Gasteiger partial charge in [-0.1, -0.05) is 20.8 Å². The van der Waals surface area contributed by atoms with Crippen LogP contribution < -0.4 is 20.9 Å². The van der Waals surface area contributed by atoms with E-state index in [1.807, 2.05) is 0 Å². The van der Waals surface area contributed by atoms with Crippen molar-refractivity contribution in [2.24, 2.45) is 0 Å². The van der Waals surface area contributed by atoms with Gasteiger partial charge in [-0.05, 0) is 34.1 Å². The molecule has 0 saturated carbocycles. The fourth-order valence-corrected chi connectivity index (χ4v) is 3.06. The van der Waals surface area contributed by atoms with Gasteiger partial charge in [0, 0.05) is 18.1 Å². The Bertz CT molecular complexity index is 209. The summed E-state index contributed by atoms with van der Waals surface area (Å²) < 4.78 is 0. The van der Waals surface area contributed by atoms with Crippen LogP contribution in [0.4, 0.5) is 0 Å². The van der Waals surface area contributed by atoms with Crippen molar-refractivity contribution in [3.63, 3.8) is 0 Å². The molecule has 0 amide bonds. The summed E-state index contributed by atoms with van der Waals surface area (Å²) >= 11 is 0. The van der Waals surface area contributed by atoms with Gasteiger partial charge in [-0.25, -0.2) is 0 Å². The van der Waals surface area contributed by atoms with E-state index in [-0.39, 0.29) is 5.79 Å². The Morgan fingerprint density at radius 3 is 1.56 bits per heavy atom. The van der Waals surface area contributed by atoms with Crippen LogP contribution in [-0.2, 0) is 0 Å². The summed E-state index contributed by atoms with van der Waals surface area (Å²) in [6.45, 7) is 15.4. The molecule has 0 spiro atoms.